The van der Waals surface area contributed by atoms with Crippen molar-refractivity contribution in [3.8, 4) is 0 Å². The molecule has 0 bridgehead atoms. The van der Waals surface area contributed by atoms with Crippen molar-refractivity contribution in [3.63, 3.8) is 0 Å². The number of aryl methyl sites for hydroxylation is 6. The molecule has 0 saturated heterocycles. The van der Waals surface area contributed by atoms with Gasteiger partial charge in [-0.25, -0.2) is 0 Å². The van der Waals surface area contributed by atoms with Gasteiger partial charge < -0.3 is 13.9 Å². The van der Waals surface area contributed by atoms with Gasteiger partial charge in [0.05, 0.1) is 24.2 Å². The van der Waals surface area contributed by atoms with E-state index in [1.165, 1.54) is 77.0 Å². The summed E-state index contributed by atoms with van der Waals surface area (Å²) in [5, 5.41) is 5.42. The maximum Gasteiger partial charge on any atom is 0.0724 e. The molecule has 0 atom stereocenters. The fourth-order valence-electron chi connectivity index (χ4n) is 6.61. The smallest absolute Gasteiger partial charge is 0.0724 e. The molecule has 2 heterocycles. The van der Waals surface area contributed by atoms with Crippen molar-refractivity contribution < 1.29 is 4.74 Å². The second-order valence-electron chi connectivity index (χ2n) is 10.4. The van der Waals surface area contributed by atoms with Crippen LogP contribution in [0.2, 0.25) is 0 Å². The minimum Gasteiger partial charge on any atom is -0.372 e. The predicted molar refractivity (Wildman–Crippen MR) is 158 cm³/mol. The zero-order valence-corrected chi connectivity index (χ0v) is 22.9. The average Bonchev–Trinajstić information content (AvgIpc) is 3.43. The Morgan fingerprint density at radius 3 is 1.41 bits per heavy atom. The van der Waals surface area contributed by atoms with Gasteiger partial charge in [0, 0.05) is 45.7 Å². The van der Waals surface area contributed by atoms with Crippen molar-refractivity contribution >= 4 is 43.6 Å². The first-order valence-corrected chi connectivity index (χ1v) is 13.5. The van der Waals surface area contributed by atoms with Gasteiger partial charge >= 0.3 is 0 Å². The summed E-state index contributed by atoms with van der Waals surface area (Å²) in [6.07, 6.45) is 0. The first-order valence-electron chi connectivity index (χ1n) is 13.5. The molecule has 0 radical (unpaired) electrons. The third-order valence-corrected chi connectivity index (χ3v) is 8.33. The quantitative estimate of drug-likeness (QED) is 0.229. The first-order chi connectivity index (χ1) is 18.0. The highest BCUT2D eigenvalue weighted by Crippen LogP contribution is 2.37. The molecule has 0 aliphatic heterocycles. The molecule has 0 aliphatic carbocycles. The molecular formula is C34H36N2O. The summed E-state index contributed by atoms with van der Waals surface area (Å²) >= 11 is 0. The van der Waals surface area contributed by atoms with Crippen LogP contribution in [0.1, 0.15) is 47.2 Å². The monoisotopic (exact) mass is 488 g/mol. The number of aromatic nitrogens is 2. The lowest BCUT2D eigenvalue weighted by atomic mass is 9.98. The SMILES string of the molecule is CCn1c2ccccc2c2c(C)c(COCc3cc(C)c4c(c3C)c3ccccc3n4CC)cc(C)c21. The molecule has 0 spiro atoms. The Morgan fingerprint density at radius 2 is 1.00 bits per heavy atom. The fourth-order valence-corrected chi connectivity index (χ4v) is 6.61. The van der Waals surface area contributed by atoms with E-state index in [2.05, 4.69) is 111 Å². The second-order valence-corrected chi connectivity index (χ2v) is 10.4. The molecule has 3 nitrogen and oxygen atoms in total. The van der Waals surface area contributed by atoms with E-state index >= 15 is 0 Å². The second kappa shape index (κ2) is 9.08. The molecule has 37 heavy (non-hydrogen) atoms. The van der Waals surface area contributed by atoms with Crippen molar-refractivity contribution in [2.45, 2.75) is 67.8 Å². The summed E-state index contributed by atoms with van der Waals surface area (Å²) in [4.78, 5) is 0. The minimum atomic E-state index is 0.613. The van der Waals surface area contributed by atoms with E-state index in [0.717, 1.165) is 13.1 Å². The van der Waals surface area contributed by atoms with Crippen LogP contribution in [0.4, 0.5) is 0 Å². The van der Waals surface area contributed by atoms with Crippen LogP contribution in [0.3, 0.4) is 0 Å². The van der Waals surface area contributed by atoms with E-state index in [9.17, 15) is 0 Å². The van der Waals surface area contributed by atoms with Gasteiger partial charge in [0.25, 0.3) is 0 Å². The van der Waals surface area contributed by atoms with Crippen molar-refractivity contribution in [3.05, 3.63) is 94.0 Å². The molecule has 6 rings (SSSR count). The molecule has 0 amide bonds. The van der Waals surface area contributed by atoms with Gasteiger partial charge in [-0.05, 0) is 87.1 Å². The average molecular weight is 489 g/mol. The molecular weight excluding hydrogens is 452 g/mol. The molecule has 4 aromatic carbocycles. The molecule has 0 N–H and O–H groups in total. The number of para-hydroxylation sites is 2. The maximum absolute atomic E-state index is 6.45. The molecule has 0 unspecified atom stereocenters. The lowest BCUT2D eigenvalue weighted by Gasteiger charge is -2.15. The Labute approximate surface area is 219 Å². The van der Waals surface area contributed by atoms with Crippen LogP contribution in [-0.2, 0) is 31.0 Å². The summed E-state index contributed by atoms with van der Waals surface area (Å²) in [5.41, 5.74) is 13.2. The van der Waals surface area contributed by atoms with E-state index in [0.29, 0.717) is 13.2 Å². The number of fused-ring (bicyclic) bond motifs is 6. The molecule has 6 aromatic rings. The van der Waals surface area contributed by atoms with Crippen molar-refractivity contribution in [1.29, 1.82) is 0 Å². The van der Waals surface area contributed by atoms with E-state index in [1.54, 1.807) is 0 Å². The highest BCUT2D eigenvalue weighted by atomic mass is 16.5. The van der Waals surface area contributed by atoms with Gasteiger partial charge in [-0.15, -0.1) is 0 Å². The largest absolute Gasteiger partial charge is 0.372 e. The van der Waals surface area contributed by atoms with Crippen LogP contribution in [0, 0.1) is 27.7 Å². The van der Waals surface area contributed by atoms with Crippen molar-refractivity contribution in [1.82, 2.24) is 9.13 Å². The molecule has 0 saturated carbocycles. The topological polar surface area (TPSA) is 19.1 Å². The Balaban J connectivity index is 1.37. The summed E-state index contributed by atoms with van der Waals surface area (Å²) in [6.45, 7) is 16.6. The Bertz CT molecular complexity index is 1680. The Morgan fingerprint density at radius 1 is 0.595 bits per heavy atom. The zero-order valence-electron chi connectivity index (χ0n) is 22.9. The van der Waals surface area contributed by atoms with E-state index in [4.69, 9.17) is 4.74 Å². The normalized spacial score (nSPS) is 12.1. The number of hydrogen-bond donors (Lipinski definition) is 0. The highest BCUT2D eigenvalue weighted by Gasteiger charge is 2.18. The highest BCUT2D eigenvalue weighted by molar-refractivity contribution is 6.12. The van der Waals surface area contributed by atoms with Crippen LogP contribution < -0.4 is 0 Å². The van der Waals surface area contributed by atoms with Gasteiger partial charge in [0.15, 0.2) is 0 Å². The molecule has 0 aliphatic rings. The van der Waals surface area contributed by atoms with E-state index < -0.39 is 0 Å². The summed E-state index contributed by atoms with van der Waals surface area (Å²) < 4.78 is 11.4. The Hall–Kier alpha value is -3.56. The molecule has 2 aromatic heterocycles. The maximum atomic E-state index is 6.45. The predicted octanol–water partition coefficient (Wildman–Crippen LogP) is 8.89. The Kier molecular flexibility index (Phi) is 5.84. The number of benzene rings is 4. The van der Waals surface area contributed by atoms with E-state index in [1.807, 2.05) is 0 Å². The molecule has 188 valence electrons. The van der Waals surface area contributed by atoms with Gasteiger partial charge in [-0.1, -0.05) is 48.5 Å². The van der Waals surface area contributed by atoms with Gasteiger partial charge in [-0.3, -0.25) is 0 Å². The van der Waals surface area contributed by atoms with Crippen molar-refractivity contribution in [2.24, 2.45) is 0 Å². The van der Waals surface area contributed by atoms with Crippen LogP contribution in [0.25, 0.3) is 43.6 Å². The number of nitrogens with zero attached hydrogens (tertiary/aromatic N) is 2. The fraction of sp³-hybridized carbons (Fsp3) is 0.294. The number of hydrogen-bond acceptors (Lipinski definition) is 1. The standard InChI is InChI=1S/C34H36N2O/c1-7-35-29-15-11-9-13-27(29)31-23(5)25(17-21(3)33(31)35)19-37-20-26-18-22(4)34-32(24(26)6)28-14-10-12-16-30(28)36(34)8-2/h9-18H,7-8,19-20H2,1-6H3. The molecule has 0 fully saturated rings. The van der Waals surface area contributed by atoms with Gasteiger partial charge in [0.1, 0.15) is 0 Å². The summed E-state index contributed by atoms with van der Waals surface area (Å²) in [6, 6.07) is 22.2. The van der Waals surface area contributed by atoms with Crippen LogP contribution >= 0.6 is 0 Å². The number of ether oxygens (including phenoxy) is 1. The van der Waals surface area contributed by atoms with Crippen LogP contribution in [0.15, 0.2) is 60.7 Å². The lowest BCUT2D eigenvalue weighted by Crippen LogP contribution is -2.02. The third-order valence-electron chi connectivity index (χ3n) is 8.33. The summed E-state index contributed by atoms with van der Waals surface area (Å²) in [7, 11) is 0. The zero-order chi connectivity index (χ0) is 25.8. The van der Waals surface area contributed by atoms with Gasteiger partial charge in [-0.2, -0.15) is 0 Å². The first kappa shape index (κ1) is 23.8. The molecule has 3 heteroatoms. The third kappa shape index (κ3) is 3.52. The minimum absolute atomic E-state index is 0.613. The van der Waals surface area contributed by atoms with Crippen molar-refractivity contribution in [2.75, 3.05) is 0 Å². The lowest BCUT2D eigenvalue weighted by molar-refractivity contribution is 0.106. The van der Waals surface area contributed by atoms with Crippen LogP contribution in [-0.4, -0.2) is 9.13 Å². The van der Waals surface area contributed by atoms with Gasteiger partial charge in [0.2, 0.25) is 0 Å². The van der Waals surface area contributed by atoms with E-state index in [-0.39, 0.29) is 0 Å². The summed E-state index contributed by atoms with van der Waals surface area (Å²) in [5.74, 6) is 0. The van der Waals surface area contributed by atoms with Crippen LogP contribution in [0.5, 0.6) is 0 Å². The number of rotatable bonds is 6.